The highest BCUT2D eigenvalue weighted by atomic mass is 79.9. The second-order valence-electron chi connectivity index (χ2n) is 7.79. The van der Waals surface area contributed by atoms with Crippen molar-refractivity contribution in [3.8, 4) is 0 Å². The van der Waals surface area contributed by atoms with Crippen LogP contribution in [-0.4, -0.2) is 21.7 Å². The monoisotopic (exact) mass is 480 g/mol. The fraction of sp³-hybridized carbons (Fsp3) is 0.320. The lowest BCUT2D eigenvalue weighted by atomic mass is 10.0. The molecule has 1 heterocycles. The van der Waals surface area contributed by atoms with E-state index in [1.165, 1.54) is 5.56 Å². The van der Waals surface area contributed by atoms with Crippen molar-refractivity contribution in [2.45, 2.75) is 52.0 Å². The molecule has 0 radical (unpaired) electrons. The third-order valence-corrected chi connectivity index (χ3v) is 5.77. The first-order valence-electron chi connectivity index (χ1n) is 10.7. The van der Waals surface area contributed by atoms with Crippen LogP contribution in [0.5, 0.6) is 0 Å². The lowest BCUT2D eigenvalue weighted by Gasteiger charge is -2.18. The Bertz CT molecular complexity index is 1060. The normalized spacial score (nSPS) is 11.8. The summed E-state index contributed by atoms with van der Waals surface area (Å²) in [5.74, 6) is 1.11. The van der Waals surface area contributed by atoms with Gasteiger partial charge < -0.3 is 15.7 Å². The fourth-order valence-corrected chi connectivity index (χ4v) is 3.79. The second kappa shape index (κ2) is 11.0. The van der Waals surface area contributed by atoms with Crippen molar-refractivity contribution >= 4 is 27.5 Å². The predicted octanol–water partition coefficient (Wildman–Crippen LogP) is 5.72. The highest BCUT2D eigenvalue weighted by Gasteiger charge is 2.17. The zero-order chi connectivity index (χ0) is 22.2. The van der Waals surface area contributed by atoms with Crippen LogP contribution in [0.1, 0.15) is 55.6 Å². The lowest BCUT2D eigenvalue weighted by molar-refractivity contribution is 0.652. The minimum atomic E-state index is -0.257. The molecule has 0 aliphatic rings. The first-order valence-corrected chi connectivity index (χ1v) is 11.5. The van der Waals surface area contributed by atoms with Gasteiger partial charge in [-0.15, -0.1) is 0 Å². The number of H-pyrrole nitrogens is 1. The summed E-state index contributed by atoms with van der Waals surface area (Å²) in [4.78, 5) is 20.4. The van der Waals surface area contributed by atoms with Gasteiger partial charge in [0, 0.05) is 22.6 Å². The molecule has 3 aromatic rings. The minimum absolute atomic E-state index is 0.141. The number of anilines is 1. The van der Waals surface area contributed by atoms with E-state index >= 15 is 0 Å². The van der Waals surface area contributed by atoms with Crippen LogP contribution in [0.3, 0.4) is 0 Å². The number of hydrogen-bond donors (Lipinski definition) is 3. The van der Waals surface area contributed by atoms with Gasteiger partial charge in [0.05, 0.1) is 0 Å². The van der Waals surface area contributed by atoms with Crippen molar-refractivity contribution in [3.05, 3.63) is 91.9 Å². The van der Waals surface area contributed by atoms with Crippen LogP contribution in [0.25, 0.3) is 0 Å². The third kappa shape index (κ3) is 6.62. The Morgan fingerprint density at radius 1 is 1.13 bits per heavy atom. The number of nitrogens with zero attached hydrogens (tertiary/aromatic N) is 1. The Hall–Kier alpha value is -2.73. The highest BCUT2D eigenvalue weighted by Crippen LogP contribution is 2.17. The number of aromatic nitrogens is 2. The first kappa shape index (κ1) is 22.9. The van der Waals surface area contributed by atoms with Gasteiger partial charge >= 0.3 is 0 Å². The molecule has 0 aliphatic heterocycles. The van der Waals surface area contributed by atoms with Gasteiger partial charge in [0.25, 0.3) is 5.56 Å². The molecule has 0 fully saturated rings. The lowest BCUT2D eigenvalue weighted by Crippen LogP contribution is -2.27. The van der Waals surface area contributed by atoms with E-state index in [0.717, 1.165) is 29.3 Å². The van der Waals surface area contributed by atoms with Crippen molar-refractivity contribution < 1.29 is 0 Å². The van der Waals surface area contributed by atoms with Gasteiger partial charge in [-0.05, 0) is 55.9 Å². The van der Waals surface area contributed by atoms with Crippen LogP contribution >= 0.6 is 15.9 Å². The fourth-order valence-electron chi connectivity index (χ4n) is 3.52. The van der Waals surface area contributed by atoms with E-state index in [4.69, 9.17) is 10.4 Å². The second-order valence-corrected chi connectivity index (χ2v) is 8.71. The molecule has 0 amide bonds. The quantitative estimate of drug-likeness (QED) is 0.324. The Kier molecular flexibility index (Phi) is 8.18. The number of hydrogen-bond acceptors (Lipinski definition) is 4. The molecule has 1 unspecified atom stereocenters. The highest BCUT2D eigenvalue weighted by molar-refractivity contribution is 9.10. The minimum Gasteiger partial charge on any atom is -0.367 e. The van der Waals surface area contributed by atoms with E-state index in [-0.39, 0.29) is 11.6 Å². The Labute approximate surface area is 192 Å². The van der Waals surface area contributed by atoms with E-state index in [2.05, 4.69) is 57.4 Å². The number of benzene rings is 2. The number of nitrogens with one attached hydrogen (secondary N) is 3. The number of rotatable bonds is 10. The summed E-state index contributed by atoms with van der Waals surface area (Å²) in [5, 5.41) is 11.7. The molecule has 0 spiro atoms. The zero-order valence-corrected chi connectivity index (χ0v) is 19.6. The van der Waals surface area contributed by atoms with Gasteiger partial charge in [0.2, 0.25) is 0 Å². The summed E-state index contributed by atoms with van der Waals surface area (Å²) in [5.41, 5.74) is 2.77. The maximum atomic E-state index is 12.8. The summed E-state index contributed by atoms with van der Waals surface area (Å²) in [6, 6.07) is 18.5. The van der Waals surface area contributed by atoms with Crippen LogP contribution in [0, 0.1) is 5.41 Å². The van der Waals surface area contributed by atoms with Crippen molar-refractivity contribution in [1.82, 2.24) is 9.97 Å². The smallest absolute Gasteiger partial charge is 0.262 e. The molecule has 1 aromatic heterocycles. The standard InChI is InChI=1S/C25H29BrN4O/c1-3-21(27)23-24(28-17(2)8-7-11-18-9-5-4-6-10-18)29-22(30-25(23)31)16-19-12-14-20(26)15-13-19/h4-6,9-10,12-15,17,27H,3,7-8,11,16H2,1-2H3,(H2,28,29,30,31). The van der Waals surface area contributed by atoms with Crippen molar-refractivity contribution in [3.63, 3.8) is 0 Å². The molecule has 162 valence electrons. The van der Waals surface area contributed by atoms with E-state index in [1.807, 2.05) is 37.3 Å². The summed E-state index contributed by atoms with van der Waals surface area (Å²) in [7, 11) is 0. The van der Waals surface area contributed by atoms with E-state index in [1.54, 1.807) is 0 Å². The van der Waals surface area contributed by atoms with E-state index in [0.29, 0.717) is 35.8 Å². The van der Waals surface area contributed by atoms with E-state index < -0.39 is 0 Å². The predicted molar refractivity (Wildman–Crippen MR) is 131 cm³/mol. The van der Waals surface area contributed by atoms with Gasteiger partial charge in [-0.1, -0.05) is 65.3 Å². The van der Waals surface area contributed by atoms with Gasteiger partial charge in [0.1, 0.15) is 17.2 Å². The first-order chi connectivity index (χ1) is 15.0. The van der Waals surface area contributed by atoms with Gasteiger partial charge in [-0.25, -0.2) is 4.98 Å². The van der Waals surface area contributed by atoms with E-state index in [9.17, 15) is 4.79 Å². The molecule has 0 saturated carbocycles. The molecule has 3 rings (SSSR count). The van der Waals surface area contributed by atoms with Crippen molar-refractivity contribution in [2.24, 2.45) is 0 Å². The van der Waals surface area contributed by atoms with Gasteiger partial charge in [-0.3, -0.25) is 4.79 Å². The topological polar surface area (TPSA) is 81.6 Å². The number of aryl methyl sites for hydroxylation is 1. The average molecular weight is 481 g/mol. The molecule has 0 bridgehead atoms. The molecule has 5 nitrogen and oxygen atoms in total. The average Bonchev–Trinajstić information content (AvgIpc) is 2.75. The van der Waals surface area contributed by atoms with Crippen LogP contribution in [-0.2, 0) is 12.8 Å². The molecule has 2 aromatic carbocycles. The van der Waals surface area contributed by atoms with Crippen LogP contribution in [0.4, 0.5) is 5.82 Å². The Morgan fingerprint density at radius 2 is 1.84 bits per heavy atom. The van der Waals surface area contributed by atoms with Crippen LogP contribution < -0.4 is 10.9 Å². The molecular formula is C25H29BrN4O. The van der Waals surface area contributed by atoms with Gasteiger partial charge in [0.15, 0.2) is 0 Å². The molecule has 6 heteroatoms. The maximum absolute atomic E-state index is 12.8. The molecule has 3 N–H and O–H groups in total. The molecular weight excluding hydrogens is 452 g/mol. The zero-order valence-electron chi connectivity index (χ0n) is 18.0. The SMILES string of the molecule is CCC(=N)c1c(NC(C)CCCc2ccccc2)nc(Cc2ccc(Br)cc2)[nH]c1=O. The molecule has 1 atom stereocenters. The molecule has 31 heavy (non-hydrogen) atoms. The Balaban J connectivity index is 1.75. The maximum Gasteiger partial charge on any atom is 0.262 e. The summed E-state index contributed by atoms with van der Waals surface area (Å²) in [6.07, 6.45) is 4.01. The van der Waals surface area contributed by atoms with Crippen molar-refractivity contribution in [2.75, 3.05) is 5.32 Å². The third-order valence-electron chi connectivity index (χ3n) is 5.24. The summed E-state index contributed by atoms with van der Waals surface area (Å²) in [6.45, 7) is 3.98. The van der Waals surface area contributed by atoms with Gasteiger partial charge in [-0.2, -0.15) is 0 Å². The number of halogens is 1. The Morgan fingerprint density at radius 3 is 2.52 bits per heavy atom. The number of aromatic amines is 1. The van der Waals surface area contributed by atoms with Crippen LogP contribution in [0.2, 0.25) is 0 Å². The summed E-state index contributed by atoms with van der Waals surface area (Å²) < 4.78 is 1.01. The molecule has 0 aliphatic carbocycles. The molecule has 0 saturated heterocycles. The summed E-state index contributed by atoms with van der Waals surface area (Å²) >= 11 is 3.44. The largest absolute Gasteiger partial charge is 0.367 e. The van der Waals surface area contributed by atoms with Crippen LogP contribution in [0.15, 0.2) is 63.9 Å². The van der Waals surface area contributed by atoms with Crippen molar-refractivity contribution in [1.29, 1.82) is 5.41 Å².